The number of H-pyrrole nitrogens is 1. The smallest absolute Gasteiger partial charge is 0.293 e. The Balaban J connectivity index is 0.917. The van der Waals surface area contributed by atoms with Crippen LogP contribution in [0.15, 0.2) is 95.0 Å². The second-order valence-corrected chi connectivity index (χ2v) is 23.1. The minimum Gasteiger partial charge on any atom is -0.455 e. The highest BCUT2D eigenvalue weighted by Gasteiger charge is 2.33. The minimum absolute atomic E-state index is 0.0396. The Kier molecular flexibility index (Phi) is 14.3. The van der Waals surface area contributed by atoms with Gasteiger partial charge in [-0.15, -0.1) is 11.3 Å². The summed E-state index contributed by atoms with van der Waals surface area (Å²) in [5, 5.41) is 38.1. The number of carbonyl (C=O) groups excluding carboxylic acids is 1. The maximum atomic E-state index is 15.3. The predicted octanol–water partition coefficient (Wildman–Crippen LogP) is 10.6. The summed E-state index contributed by atoms with van der Waals surface area (Å²) in [6.07, 6.45) is 7.66. The van der Waals surface area contributed by atoms with Crippen LogP contribution in [0.5, 0.6) is 11.5 Å². The van der Waals surface area contributed by atoms with E-state index in [2.05, 4.69) is 43.7 Å². The number of pyridine rings is 1. The summed E-state index contributed by atoms with van der Waals surface area (Å²) in [5.41, 5.74) is 3.31. The Morgan fingerprint density at radius 2 is 1.75 bits per heavy atom. The number of ether oxygens (including phenoxy) is 1. The second kappa shape index (κ2) is 20.3. The number of piperazine rings is 1. The molecule has 2 aliphatic carbocycles. The van der Waals surface area contributed by atoms with Crippen molar-refractivity contribution in [1.82, 2.24) is 19.6 Å². The molecule has 1 aliphatic heterocycles. The number of aromatic nitrogens is 2. The lowest BCUT2D eigenvalue weighted by molar-refractivity contribution is -0.384. The number of aliphatic hydroxyl groups excluding tert-OH is 1. The molecule has 1 saturated carbocycles. The molecule has 3 aromatic carbocycles. The number of nitro benzene ring substituents is 1. The highest BCUT2D eigenvalue weighted by molar-refractivity contribution is 7.90. The monoisotopic (exact) mass is 1020 g/mol. The van der Waals surface area contributed by atoms with E-state index in [-0.39, 0.29) is 39.5 Å². The number of halogens is 2. The van der Waals surface area contributed by atoms with E-state index in [1.54, 1.807) is 36.7 Å². The molecule has 1 saturated heterocycles. The highest BCUT2D eigenvalue weighted by atomic mass is 32.2. The number of sulfonamides is 1. The van der Waals surface area contributed by atoms with E-state index in [0.29, 0.717) is 62.5 Å². The van der Waals surface area contributed by atoms with Gasteiger partial charge in [0.25, 0.3) is 21.6 Å². The number of carbonyl (C=O) groups is 1. The number of aliphatic hydroxyl groups is 2. The molecule has 380 valence electrons. The quantitative estimate of drug-likeness (QED) is 0.0482. The minimum atomic E-state index is -4.62. The van der Waals surface area contributed by atoms with Gasteiger partial charge in [-0.1, -0.05) is 19.4 Å². The third-order valence-electron chi connectivity index (χ3n) is 14.3. The topological polar surface area (TPSA) is 203 Å². The fourth-order valence-electron chi connectivity index (χ4n) is 9.99. The van der Waals surface area contributed by atoms with Crippen molar-refractivity contribution in [2.45, 2.75) is 89.2 Å². The Hall–Kier alpha value is -6.25. The van der Waals surface area contributed by atoms with Crippen molar-refractivity contribution < 1.29 is 41.9 Å². The first-order valence-electron chi connectivity index (χ1n) is 24.2. The van der Waals surface area contributed by atoms with Crippen molar-refractivity contribution in [3.05, 3.63) is 128 Å². The molecule has 0 spiro atoms. The van der Waals surface area contributed by atoms with Crippen LogP contribution in [0.25, 0.3) is 27.7 Å². The highest BCUT2D eigenvalue weighted by Crippen LogP contribution is 2.46. The fourth-order valence-corrected chi connectivity index (χ4v) is 12.0. The van der Waals surface area contributed by atoms with Gasteiger partial charge in [-0.3, -0.25) is 19.8 Å². The van der Waals surface area contributed by atoms with Gasteiger partial charge in [0, 0.05) is 73.5 Å². The molecule has 0 bridgehead atoms. The van der Waals surface area contributed by atoms with Gasteiger partial charge in [0.2, 0.25) is 0 Å². The number of amides is 1. The number of hydrogen-bond donors (Lipinski definition) is 5. The predicted molar refractivity (Wildman–Crippen MR) is 275 cm³/mol. The first kappa shape index (κ1) is 50.7. The molecule has 3 aliphatic rings. The second-order valence-electron chi connectivity index (χ2n) is 20.5. The molecule has 19 heteroatoms. The number of nitrogens with one attached hydrogen (secondary N) is 3. The largest absolute Gasteiger partial charge is 0.455 e. The Labute approximate surface area is 421 Å². The van der Waals surface area contributed by atoms with Crippen LogP contribution in [0.2, 0.25) is 0 Å². The number of benzene rings is 3. The normalized spacial score (nSPS) is 20.1. The molecule has 0 unspecified atom stereocenters. The molecule has 15 nitrogen and oxygen atoms in total. The molecule has 5 N–H and O–H groups in total. The van der Waals surface area contributed by atoms with Crippen molar-refractivity contribution >= 4 is 60.9 Å². The van der Waals surface area contributed by atoms with E-state index in [9.17, 15) is 33.5 Å². The molecule has 0 radical (unpaired) electrons. The van der Waals surface area contributed by atoms with Crippen LogP contribution in [-0.2, 0) is 10.0 Å². The molecule has 2 fully saturated rings. The van der Waals surface area contributed by atoms with Crippen LogP contribution in [0.3, 0.4) is 0 Å². The molecule has 4 heterocycles. The van der Waals surface area contributed by atoms with Crippen molar-refractivity contribution in [3.63, 3.8) is 0 Å². The van der Waals surface area contributed by atoms with E-state index in [1.165, 1.54) is 65.9 Å². The maximum absolute atomic E-state index is 15.3. The van der Waals surface area contributed by atoms with E-state index in [4.69, 9.17) is 4.74 Å². The standard InChI is InChI=1S/C53H59F2N7O8S2/c1-32(63)36-22-43(54)49(44(55)23-36)37-24-48(71-31-37)42-27-52(2,3)13-11-35(42)30-60-17-19-61(20-18-60)38-5-7-41(47(25-38)70-39-21-34-12-16-56-50(34)58-29-39)51(64)59-72(68,69)40-6-8-45(46(26-40)62(66)67)57-28-33-9-14-53(4,65)15-10-33/h5-8,12,16,21-26,29,31-33,57,63,65H,9-11,13-15,17-20,27-28,30H2,1-4H3,(H,56,58)(H,59,64)/t32-,33?,53?/m1/s1. The summed E-state index contributed by atoms with van der Waals surface area (Å²) in [6.45, 7) is 11.5. The molecular formula is C53H59F2N7O8S2. The van der Waals surface area contributed by atoms with E-state index in [0.717, 1.165) is 60.7 Å². The number of anilines is 2. The summed E-state index contributed by atoms with van der Waals surface area (Å²) in [6, 6.07) is 16.2. The van der Waals surface area contributed by atoms with Crippen LogP contribution in [-0.4, -0.2) is 89.2 Å². The Bertz CT molecular complexity index is 3150. The van der Waals surface area contributed by atoms with Crippen molar-refractivity contribution in [1.29, 1.82) is 0 Å². The summed E-state index contributed by atoms with van der Waals surface area (Å²) < 4.78 is 66.6. The number of nitro groups is 1. The van der Waals surface area contributed by atoms with Gasteiger partial charge < -0.3 is 30.2 Å². The Morgan fingerprint density at radius 3 is 2.46 bits per heavy atom. The lowest BCUT2D eigenvalue weighted by Crippen LogP contribution is -2.47. The third kappa shape index (κ3) is 11.3. The first-order valence-corrected chi connectivity index (χ1v) is 26.6. The maximum Gasteiger partial charge on any atom is 0.293 e. The van der Waals surface area contributed by atoms with Crippen molar-refractivity contribution in [3.8, 4) is 22.6 Å². The van der Waals surface area contributed by atoms with Gasteiger partial charge >= 0.3 is 0 Å². The lowest BCUT2D eigenvalue weighted by atomic mass is 9.73. The summed E-state index contributed by atoms with van der Waals surface area (Å²) in [4.78, 5) is 38.1. The van der Waals surface area contributed by atoms with Crippen LogP contribution >= 0.6 is 11.3 Å². The zero-order valence-electron chi connectivity index (χ0n) is 40.6. The fraction of sp³-hybridized carbons (Fsp3) is 0.396. The van der Waals surface area contributed by atoms with E-state index < -0.39 is 54.8 Å². The lowest BCUT2D eigenvalue weighted by Gasteiger charge is -2.39. The van der Waals surface area contributed by atoms with Crippen LogP contribution in [0, 0.1) is 33.1 Å². The van der Waals surface area contributed by atoms with E-state index in [1.807, 2.05) is 12.1 Å². The number of allylic oxidation sites excluding steroid dienone is 1. The van der Waals surface area contributed by atoms with Crippen LogP contribution in [0.4, 0.5) is 25.8 Å². The molecule has 9 rings (SSSR count). The number of nitrogens with zero attached hydrogens (tertiary/aromatic N) is 4. The number of fused-ring (bicyclic) bond motifs is 1. The van der Waals surface area contributed by atoms with Gasteiger partial charge in [0.1, 0.15) is 34.5 Å². The van der Waals surface area contributed by atoms with Gasteiger partial charge in [-0.05, 0) is 147 Å². The number of aromatic amines is 1. The zero-order chi connectivity index (χ0) is 51.1. The molecule has 72 heavy (non-hydrogen) atoms. The Morgan fingerprint density at radius 1 is 1.01 bits per heavy atom. The van der Waals surface area contributed by atoms with Gasteiger partial charge in [-0.2, -0.15) is 0 Å². The SMILES string of the molecule is C[C@@H](O)c1cc(F)c(-c2csc(C3=C(CN4CCN(c5ccc(C(=O)NS(=O)(=O)c6ccc(NCC7CCC(C)(O)CC7)c([N+](=O)[O-])c6)c(Oc6cnc7[nH]ccc7c6)c5)CC4)CCC(C)(C)C3)c2)c(F)c1. The van der Waals surface area contributed by atoms with Crippen molar-refractivity contribution in [2.24, 2.45) is 11.3 Å². The number of rotatable bonds is 15. The average Bonchev–Trinajstić information content (AvgIpc) is 4.02. The molecular weight excluding hydrogens is 965 g/mol. The van der Waals surface area contributed by atoms with E-state index >= 15 is 8.78 Å². The summed E-state index contributed by atoms with van der Waals surface area (Å²) >= 11 is 1.48. The van der Waals surface area contributed by atoms with Gasteiger partial charge in [-0.25, -0.2) is 26.9 Å². The summed E-state index contributed by atoms with van der Waals surface area (Å²) in [5.74, 6) is -1.87. The summed E-state index contributed by atoms with van der Waals surface area (Å²) in [7, 11) is -4.62. The molecule has 1 atom stereocenters. The number of hydrogen-bond acceptors (Lipinski definition) is 13. The number of thiophene rings is 1. The van der Waals surface area contributed by atoms with Gasteiger partial charge in [0.05, 0.1) is 38.8 Å². The van der Waals surface area contributed by atoms with Gasteiger partial charge in [0.15, 0.2) is 0 Å². The van der Waals surface area contributed by atoms with Crippen LogP contribution in [0.1, 0.15) is 99.5 Å². The average molecular weight is 1020 g/mol. The first-order chi connectivity index (χ1) is 34.2. The molecule has 3 aromatic heterocycles. The molecule has 1 amide bonds. The third-order valence-corrected chi connectivity index (χ3v) is 16.7. The van der Waals surface area contributed by atoms with Crippen molar-refractivity contribution in [2.75, 3.05) is 49.5 Å². The zero-order valence-corrected chi connectivity index (χ0v) is 42.3. The van der Waals surface area contributed by atoms with Crippen LogP contribution < -0.4 is 19.7 Å². The molecule has 6 aromatic rings.